The molecule has 0 radical (unpaired) electrons. The van der Waals surface area contributed by atoms with Crippen LogP contribution < -0.4 is 5.73 Å². The van der Waals surface area contributed by atoms with Gasteiger partial charge < -0.3 is 15.0 Å². The van der Waals surface area contributed by atoms with E-state index in [0.29, 0.717) is 18.3 Å². The van der Waals surface area contributed by atoms with Crippen LogP contribution in [0, 0.1) is 5.41 Å². The van der Waals surface area contributed by atoms with Crippen molar-refractivity contribution in [1.82, 2.24) is 10.1 Å². The third-order valence-corrected chi connectivity index (χ3v) is 2.01. The summed E-state index contributed by atoms with van der Waals surface area (Å²) in [4.78, 5) is 4.19. The van der Waals surface area contributed by atoms with Crippen LogP contribution in [-0.4, -0.2) is 16.7 Å². The molecule has 5 heteroatoms. The Labute approximate surface area is 90.0 Å². The van der Waals surface area contributed by atoms with Gasteiger partial charge in [-0.2, -0.15) is 4.98 Å². The highest BCUT2D eigenvalue weighted by atomic mass is 16.5. The minimum atomic E-state index is -0.161. The van der Waals surface area contributed by atoms with Crippen molar-refractivity contribution in [3.63, 3.8) is 0 Å². The van der Waals surface area contributed by atoms with Gasteiger partial charge in [0, 0.05) is 6.61 Å². The van der Waals surface area contributed by atoms with Gasteiger partial charge in [-0.3, -0.25) is 0 Å². The molecule has 0 aromatic carbocycles. The zero-order valence-corrected chi connectivity index (χ0v) is 9.78. The number of rotatable bonds is 4. The highest BCUT2D eigenvalue weighted by molar-refractivity contribution is 4.96. The van der Waals surface area contributed by atoms with Crippen molar-refractivity contribution in [3.8, 4) is 0 Å². The minimum Gasteiger partial charge on any atom is -0.370 e. The van der Waals surface area contributed by atoms with Gasteiger partial charge in [0.1, 0.15) is 6.10 Å². The Morgan fingerprint density at radius 3 is 2.53 bits per heavy atom. The van der Waals surface area contributed by atoms with Gasteiger partial charge in [-0.15, -0.1) is 0 Å². The van der Waals surface area contributed by atoms with E-state index in [1.807, 2.05) is 6.92 Å². The molecule has 1 rings (SSSR count). The quantitative estimate of drug-likeness (QED) is 0.823. The summed E-state index contributed by atoms with van der Waals surface area (Å²) >= 11 is 0. The standard InChI is InChI=1S/C10H19N3O2/c1-5-14-8(10(2,3)4)9-12-7(6-11)15-13-9/h8H,5-6,11H2,1-4H3. The molecule has 0 amide bonds. The molecular formula is C10H19N3O2. The fourth-order valence-corrected chi connectivity index (χ4v) is 1.34. The van der Waals surface area contributed by atoms with Gasteiger partial charge in [0.15, 0.2) is 0 Å². The molecular weight excluding hydrogens is 194 g/mol. The first kappa shape index (κ1) is 12.1. The van der Waals surface area contributed by atoms with Gasteiger partial charge in [0.05, 0.1) is 6.54 Å². The smallest absolute Gasteiger partial charge is 0.240 e. The highest BCUT2D eigenvalue weighted by Crippen LogP contribution is 2.34. The van der Waals surface area contributed by atoms with Gasteiger partial charge in [-0.05, 0) is 12.3 Å². The minimum absolute atomic E-state index is 0.0637. The molecule has 1 atom stereocenters. The Morgan fingerprint density at radius 2 is 2.13 bits per heavy atom. The molecule has 0 aliphatic heterocycles. The van der Waals surface area contributed by atoms with E-state index in [1.54, 1.807) is 0 Å². The Bertz CT molecular complexity index is 304. The van der Waals surface area contributed by atoms with Crippen LogP contribution in [0.5, 0.6) is 0 Å². The Morgan fingerprint density at radius 1 is 1.47 bits per heavy atom. The van der Waals surface area contributed by atoms with Crippen LogP contribution in [0.4, 0.5) is 0 Å². The lowest BCUT2D eigenvalue weighted by molar-refractivity contribution is -0.0203. The first-order valence-corrected chi connectivity index (χ1v) is 5.13. The predicted molar refractivity (Wildman–Crippen MR) is 56.0 cm³/mol. The number of aromatic nitrogens is 2. The molecule has 1 heterocycles. The van der Waals surface area contributed by atoms with Crippen molar-refractivity contribution in [3.05, 3.63) is 11.7 Å². The number of ether oxygens (including phenoxy) is 1. The second-order valence-corrected chi connectivity index (χ2v) is 4.45. The Kier molecular flexibility index (Phi) is 3.82. The molecule has 86 valence electrons. The summed E-state index contributed by atoms with van der Waals surface area (Å²) < 4.78 is 10.6. The van der Waals surface area contributed by atoms with Crippen LogP contribution in [-0.2, 0) is 11.3 Å². The summed E-state index contributed by atoms with van der Waals surface area (Å²) in [6.07, 6.45) is -0.161. The van der Waals surface area contributed by atoms with Crippen LogP contribution >= 0.6 is 0 Å². The maximum Gasteiger partial charge on any atom is 0.240 e. The molecule has 0 aliphatic carbocycles. The van der Waals surface area contributed by atoms with Gasteiger partial charge in [0.2, 0.25) is 11.7 Å². The predicted octanol–water partition coefficient (Wildman–Crippen LogP) is 1.65. The third-order valence-electron chi connectivity index (χ3n) is 2.01. The molecule has 2 N–H and O–H groups in total. The fraction of sp³-hybridized carbons (Fsp3) is 0.800. The van der Waals surface area contributed by atoms with E-state index in [0.717, 1.165) is 0 Å². The lowest BCUT2D eigenvalue weighted by Crippen LogP contribution is -2.22. The highest BCUT2D eigenvalue weighted by Gasteiger charge is 2.30. The van der Waals surface area contributed by atoms with Crippen LogP contribution in [0.15, 0.2) is 4.52 Å². The van der Waals surface area contributed by atoms with E-state index >= 15 is 0 Å². The zero-order chi connectivity index (χ0) is 11.5. The molecule has 5 nitrogen and oxygen atoms in total. The van der Waals surface area contributed by atoms with Crippen molar-refractivity contribution in [1.29, 1.82) is 0 Å². The SMILES string of the molecule is CCOC(c1noc(CN)n1)C(C)(C)C. The van der Waals surface area contributed by atoms with E-state index < -0.39 is 0 Å². The number of nitrogens with two attached hydrogens (primary N) is 1. The molecule has 1 unspecified atom stereocenters. The van der Waals surface area contributed by atoms with Crippen molar-refractivity contribution in [2.75, 3.05) is 6.61 Å². The van der Waals surface area contributed by atoms with Crippen molar-refractivity contribution < 1.29 is 9.26 Å². The number of hydrogen-bond acceptors (Lipinski definition) is 5. The van der Waals surface area contributed by atoms with Crippen molar-refractivity contribution in [2.45, 2.75) is 40.3 Å². The molecule has 0 bridgehead atoms. The molecule has 15 heavy (non-hydrogen) atoms. The lowest BCUT2D eigenvalue weighted by atomic mass is 9.88. The van der Waals surface area contributed by atoms with E-state index in [2.05, 4.69) is 30.9 Å². The van der Waals surface area contributed by atoms with Crippen molar-refractivity contribution in [2.24, 2.45) is 11.1 Å². The zero-order valence-electron chi connectivity index (χ0n) is 9.78. The largest absolute Gasteiger partial charge is 0.370 e. The monoisotopic (exact) mass is 213 g/mol. The first-order chi connectivity index (χ1) is 6.99. The van der Waals surface area contributed by atoms with Gasteiger partial charge >= 0.3 is 0 Å². The molecule has 0 saturated heterocycles. The molecule has 0 spiro atoms. The summed E-state index contributed by atoms with van der Waals surface area (Å²) in [5.41, 5.74) is 5.35. The summed E-state index contributed by atoms with van der Waals surface area (Å²) in [5, 5.41) is 3.88. The van der Waals surface area contributed by atoms with Gasteiger partial charge in [-0.1, -0.05) is 25.9 Å². The average molecular weight is 213 g/mol. The van der Waals surface area contributed by atoms with Gasteiger partial charge in [0.25, 0.3) is 0 Å². The maximum atomic E-state index is 5.62. The molecule has 0 aliphatic rings. The molecule has 1 aromatic rings. The van der Waals surface area contributed by atoms with Crippen LogP contribution in [0.2, 0.25) is 0 Å². The molecule has 0 fully saturated rings. The molecule has 0 saturated carbocycles. The normalized spacial score (nSPS) is 14.2. The van der Waals surface area contributed by atoms with E-state index in [-0.39, 0.29) is 18.1 Å². The summed E-state index contributed by atoms with van der Waals surface area (Å²) in [6.45, 7) is 9.05. The third kappa shape index (κ3) is 3.00. The molecule has 1 aromatic heterocycles. The van der Waals surface area contributed by atoms with Gasteiger partial charge in [-0.25, -0.2) is 0 Å². The number of hydrogen-bond donors (Lipinski definition) is 1. The van der Waals surface area contributed by atoms with Crippen molar-refractivity contribution >= 4 is 0 Å². The maximum absolute atomic E-state index is 5.62. The van der Waals surface area contributed by atoms with Crippen LogP contribution in [0.1, 0.15) is 45.5 Å². The van der Waals surface area contributed by atoms with Crippen LogP contribution in [0.3, 0.4) is 0 Å². The Balaban J connectivity index is 2.88. The lowest BCUT2D eigenvalue weighted by Gasteiger charge is -2.27. The average Bonchev–Trinajstić information content (AvgIpc) is 2.60. The summed E-state index contributed by atoms with van der Waals surface area (Å²) in [7, 11) is 0. The van der Waals surface area contributed by atoms with E-state index in [4.69, 9.17) is 15.0 Å². The van der Waals surface area contributed by atoms with Crippen LogP contribution in [0.25, 0.3) is 0 Å². The second kappa shape index (κ2) is 4.72. The number of nitrogens with zero attached hydrogens (tertiary/aromatic N) is 2. The Hall–Kier alpha value is -0.940. The first-order valence-electron chi connectivity index (χ1n) is 5.13. The van der Waals surface area contributed by atoms with E-state index in [9.17, 15) is 0 Å². The summed E-state index contributed by atoms with van der Waals surface area (Å²) in [5.74, 6) is 1.02. The fourth-order valence-electron chi connectivity index (χ4n) is 1.34. The summed E-state index contributed by atoms with van der Waals surface area (Å²) in [6, 6.07) is 0. The van der Waals surface area contributed by atoms with E-state index in [1.165, 1.54) is 0 Å². The second-order valence-electron chi connectivity index (χ2n) is 4.45. The topological polar surface area (TPSA) is 74.2 Å².